The largest absolute Gasteiger partial charge is 0.480 e. The van der Waals surface area contributed by atoms with Crippen LogP contribution < -0.4 is 10.6 Å². The highest BCUT2D eigenvalue weighted by Gasteiger charge is 2.23. The molecule has 0 aliphatic carbocycles. The number of carboxylic acid groups (broad SMARTS) is 1. The molecular formula is C17H26N2O5S2. The lowest BCUT2D eigenvalue weighted by Gasteiger charge is -2.21. The molecule has 1 aromatic heterocycles. The summed E-state index contributed by atoms with van der Waals surface area (Å²) in [7, 11) is 0. The Kier molecular flexibility index (Phi) is 9.50. The number of carbonyl (C=O) groups is 3. The van der Waals surface area contributed by atoms with Gasteiger partial charge in [-0.3, -0.25) is 4.79 Å². The molecule has 1 unspecified atom stereocenters. The lowest BCUT2D eigenvalue weighted by molar-refractivity contribution is -0.139. The van der Waals surface area contributed by atoms with Crippen LogP contribution in [0.25, 0.3) is 0 Å². The number of thioether (sulfide) groups is 1. The van der Waals surface area contributed by atoms with Crippen LogP contribution in [0.3, 0.4) is 0 Å². The molecule has 0 spiro atoms. The third-order valence-electron chi connectivity index (χ3n) is 3.05. The van der Waals surface area contributed by atoms with Gasteiger partial charge in [-0.05, 0) is 50.8 Å². The Bertz CT molecular complexity index is 584. The number of rotatable bonds is 10. The van der Waals surface area contributed by atoms with Gasteiger partial charge in [0, 0.05) is 11.4 Å². The zero-order chi connectivity index (χ0) is 19.6. The second-order valence-electron chi connectivity index (χ2n) is 6.56. The number of aliphatic carboxylic acids is 1. The first kappa shape index (κ1) is 22.3. The number of thiophene rings is 1. The summed E-state index contributed by atoms with van der Waals surface area (Å²) < 4.78 is 5.05. The molecule has 146 valence electrons. The molecule has 0 aliphatic rings. The van der Waals surface area contributed by atoms with E-state index >= 15 is 0 Å². The lowest BCUT2D eigenvalue weighted by Crippen LogP contribution is -2.43. The average molecular weight is 403 g/mol. The van der Waals surface area contributed by atoms with Crippen molar-refractivity contribution >= 4 is 41.1 Å². The van der Waals surface area contributed by atoms with Crippen LogP contribution in [-0.4, -0.2) is 52.8 Å². The van der Waals surface area contributed by atoms with E-state index < -0.39 is 23.7 Å². The molecule has 26 heavy (non-hydrogen) atoms. The first-order valence-electron chi connectivity index (χ1n) is 8.26. The summed E-state index contributed by atoms with van der Waals surface area (Å²) in [6, 6.07) is 2.95. The van der Waals surface area contributed by atoms with Crippen molar-refractivity contribution in [1.82, 2.24) is 10.6 Å². The van der Waals surface area contributed by atoms with Gasteiger partial charge < -0.3 is 20.5 Å². The molecule has 0 fully saturated rings. The van der Waals surface area contributed by atoms with Crippen molar-refractivity contribution in [2.75, 3.05) is 18.1 Å². The fraction of sp³-hybridized carbons (Fsp3) is 0.588. The van der Waals surface area contributed by atoms with Crippen LogP contribution in [0.2, 0.25) is 0 Å². The zero-order valence-corrected chi connectivity index (χ0v) is 16.9. The summed E-state index contributed by atoms with van der Waals surface area (Å²) in [6.07, 6.45) is 0.248. The maximum Gasteiger partial charge on any atom is 0.408 e. The molecule has 0 aliphatic heterocycles. The van der Waals surface area contributed by atoms with Crippen molar-refractivity contribution in [3.05, 3.63) is 22.4 Å². The number of hydrogen-bond acceptors (Lipinski definition) is 6. The fourth-order valence-corrected chi connectivity index (χ4v) is 3.45. The quantitative estimate of drug-likeness (QED) is 0.520. The maximum atomic E-state index is 11.7. The molecule has 1 rings (SSSR count). The minimum atomic E-state index is -1.13. The third-order valence-corrected chi connectivity index (χ3v) is 4.97. The van der Waals surface area contributed by atoms with Crippen LogP contribution in [0.1, 0.15) is 32.1 Å². The fourth-order valence-electron chi connectivity index (χ4n) is 1.90. The van der Waals surface area contributed by atoms with E-state index in [0.717, 1.165) is 6.42 Å². The van der Waals surface area contributed by atoms with Gasteiger partial charge in [0.15, 0.2) is 0 Å². The molecule has 2 amide bonds. The van der Waals surface area contributed by atoms with Crippen molar-refractivity contribution in [1.29, 1.82) is 0 Å². The van der Waals surface area contributed by atoms with Gasteiger partial charge in [-0.2, -0.15) is 11.8 Å². The van der Waals surface area contributed by atoms with E-state index in [2.05, 4.69) is 10.6 Å². The predicted octanol–water partition coefficient (Wildman–Crippen LogP) is 2.51. The normalized spacial score (nSPS) is 12.3. The van der Waals surface area contributed by atoms with E-state index in [-0.39, 0.29) is 18.1 Å². The van der Waals surface area contributed by atoms with Crippen molar-refractivity contribution in [3.63, 3.8) is 0 Å². The minimum Gasteiger partial charge on any atom is -0.480 e. The van der Waals surface area contributed by atoms with E-state index in [1.165, 1.54) is 16.6 Å². The molecular weight excluding hydrogens is 376 g/mol. The number of carbonyl (C=O) groups excluding carboxylic acids is 2. The molecule has 0 radical (unpaired) electrons. The Morgan fingerprint density at radius 3 is 2.65 bits per heavy atom. The molecule has 1 aromatic rings. The topological polar surface area (TPSA) is 105 Å². The number of alkyl carbamates (subject to hydrolysis) is 1. The van der Waals surface area contributed by atoms with Gasteiger partial charge >= 0.3 is 12.1 Å². The molecule has 1 atom stereocenters. The average Bonchev–Trinajstić information content (AvgIpc) is 3.01. The van der Waals surface area contributed by atoms with Crippen LogP contribution in [0.4, 0.5) is 4.79 Å². The predicted molar refractivity (Wildman–Crippen MR) is 104 cm³/mol. The van der Waals surface area contributed by atoms with Gasteiger partial charge in [-0.15, -0.1) is 11.3 Å². The molecule has 9 heteroatoms. The number of carboxylic acids is 1. The summed E-state index contributed by atoms with van der Waals surface area (Å²) in [5, 5.41) is 16.3. The van der Waals surface area contributed by atoms with Gasteiger partial charge in [0.05, 0.1) is 5.75 Å². The molecule has 0 aromatic carbocycles. The van der Waals surface area contributed by atoms with E-state index in [4.69, 9.17) is 4.74 Å². The molecule has 0 saturated heterocycles. The van der Waals surface area contributed by atoms with E-state index in [1.54, 1.807) is 32.1 Å². The maximum absolute atomic E-state index is 11.7. The standard InChI is InChI=1S/C17H26N2O5S2/c1-17(2,3)24-16(23)19-13(15(21)22)7-10-25-11-14(20)18-8-6-12-5-4-9-26-12/h4-5,9,13H,6-8,10-11H2,1-3H3,(H,18,20)(H,19,23)(H,21,22). The molecule has 7 nitrogen and oxygen atoms in total. The van der Waals surface area contributed by atoms with Gasteiger partial charge in [0.1, 0.15) is 11.6 Å². The van der Waals surface area contributed by atoms with Gasteiger partial charge in [-0.25, -0.2) is 9.59 Å². The molecule has 0 saturated carbocycles. The SMILES string of the molecule is CC(C)(C)OC(=O)NC(CCSCC(=O)NCCc1cccs1)C(=O)O. The Balaban J connectivity index is 2.20. The highest BCUT2D eigenvalue weighted by molar-refractivity contribution is 7.99. The van der Waals surface area contributed by atoms with E-state index in [9.17, 15) is 19.5 Å². The Morgan fingerprint density at radius 2 is 2.08 bits per heavy atom. The third kappa shape index (κ3) is 10.3. The van der Waals surface area contributed by atoms with E-state index in [0.29, 0.717) is 12.3 Å². The summed E-state index contributed by atoms with van der Waals surface area (Å²) in [5.74, 6) is -0.524. The zero-order valence-electron chi connectivity index (χ0n) is 15.2. The van der Waals surface area contributed by atoms with Crippen LogP contribution in [0.5, 0.6) is 0 Å². The van der Waals surface area contributed by atoms with Crippen molar-refractivity contribution in [2.45, 2.75) is 45.3 Å². The van der Waals surface area contributed by atoms with Crippen LogP contribution in [0.15, 0.2) is 17.5 Å². The van der Waals surface area contributed by atoms with Crippen molar-refractivity contribution in [2.24, 2.45) is 0 Å². The Hall–Kier alpha value is -1.74. The molecule has 3 N–H and O–H groups in total. The molecule has 1 heterocycles. The highest BCUT2D eigenvalue weighted by atomic mass is 32.2. The van der Waals surface area contributed by atoms with Gasteiger partial charge in [-0.1, -0.05) is 6.07 Å². The van der Waals surface area contributed by atoms with Gasteiger partial charge in [0.2, 0.25) is 5.91 Å². The van der Waals surface area contributed by atoms with Crippen molar-refractivity contribution < 1.29 is 24.2 Å². The molecule has 0 bridgehead atoms. The number of nitrogens with one attached hydrogen (secondary N) is 2. The Morgan fingerprint density at radius 1 is 1.35 bits per heavy atom. The number of ether oxygens (including phenoxy) is 1. The summed E-state index contributed by atoms with van der Waals surface area (Å²) in [6.45, 7) is 5.69. The monoisotopic (exact) mass is 402 g/mol. The second-order valence-corrected chi connectivity index (χ2v) is 8.70. The van der Waals surface area contributed by atoms with Gasteiger partial charge in [0.25, 0.3) is 0 Å². The minimum absolute atomic E-state index is 0.0847. The second kappa shape index (κ2) is 11.1. The number of amides is 2. The summed E-state index contributed by atoms with van der Waals surface area (Å²) >= 11 is 2.98. The smallest absolute Gasteiger partial charge is 0.408 e. The van der Waals surface area contributed by atoms with Crippen molar-refractivity contribution in [3.8, 4) is 0 Å². The van der Waals surface area contributed by atoms with Crippen LogP contribution in [0, 0.1) is 0 Å². The van der Waals surface area contributed by atoms with Crippen LogP contribution in [-0.2, 0) is 20.7 Å². The van der Waals surface area contributed by atoms with Crippen LogP contribution >= 0.6 is 23.1 Å². The lowest BCUT2D eigenvalue weighted by atomic mass is 10.2. The first-order valence-corrected chi connectivity index (χ1v) is 10.3. The van der Waals surface area contributed by atoms with E-state index in [1.807, 2.05) is 17.5 Å². The highest BCUT2D eigenvalue weighted by Crippen LogP contribution is 2.10. The summed E-state index contributed by atoms with van der Waals surface area (Å²) in [5.41, 5.74) is -0.691. The first-order chi connectivity index (χ1) is 12.2. The number of hydrogen-bond donors (Lipinski definition) is 3. The summed E-state index contributed by atoms with van der Waals surface area (Å²) in [4.78, 5) is 35.9. The Labute approximate surface area is 161 Å².